The van der Waals surface area contributed by atoms with E-state index in [9.17, 15) is 14.0 Å². The summed E-state index contributed by atoms with van der Waals surface area (Å²) in [7, 11) is 0. The molecule has 1 fully saturated rings. The molecule has 0 spiro atoms. The first-order valence-corrected chi connectivity index (χ1v) is 11.7. The molecule has 186 valence electrons. The van der Waals surface area contributed by atoms with Crippen molar-refractivity contribution in [3.8, 4) is 0 Å². The second-order valence-corrected chi connectivity index (χ2v) is 9.63. The molecule has 35 heavy (non-hydrogen) atoms. The summed E-state index contributed by atoms with van der Waals surface area (Å²) in [5.41, 5.74) is 0.361. The molecule has 1 aliphatic rings. The largest absolute Gasteiger partial charge is 0.355 e. The van der Waals surface area contributed by atoms with Crippen molar-refractivity contribution in [1.29, 1.82) is 0 Å². The van der Waals surface area contributed by atoms with Crippen LogP contribution in [0.25, 0.3) is 0 Å². The van der Waals surface area contributed by atoms with Crippen LogP contribution >= 0.6 is 11.6 Å². The highest BCUT2D eigenvalue weighted by Gasteiger charge is 2.33. The first-order chi connectivity index (χ1) is 16.5. The minimum atomic E-state index is -0.717. The maximum atomic E-state index is 14.1. The predicted molar refractivity (Wildman–Crippen MR) is 132 cm³/mol. The van der Waals surface area contributed by atoms with Gasteiger partial charge in [0, 0.05) is 22.7 Å². The van der Waals surface area contributed by atoms with Crippen molar-refractivity contribution >= 4 is 23.2 Å². The molecule has 2 heterocycles. The van der Waals surface area contributed by atoms with Crippen LogP contribution in [0.5, 0.6) is 0 Å². The zero-order valence-electron chi connectivity index (χ0n) is 20.0. The van der Waals surface area contributed by atoms with Crippen molar-refractivity contribution in [2.75, 3.05) is 18.5 Å². The van der Waals surface area contributed by atoms with Crippen LogP contribution in [-0.4, -0.2) is 33.1 Å². The zero-order chi connectivity index (χ0) is 25.3. The van der Waals surface area contributed by atoms with Crippen molar-refractivity contribution in [1.82, 2.24) is 14.1 Å². The van der Waals surface area contributed by atoms with Gasteiger partial charge in [-0.1, -0.05) is 29.8 Å². The Morgan fingerprint density at radius 1 is 1.17 bits per heavy atom. The lowest BCUT2D eigenvalue weighted by Crippen LogP contribution is -2.49. The highest BCUT2D eigenvalue weighted by atomic mass is 35.5. The van der Waals surface area contributed by atoms with E-state index in [1.165, 1.54) is 10.6 Å². The Hall–Kier alpha value is -3.01. The molecule has 0 bridgehead atoms. The first-order valence-electron chi connectivity index (χ1n) is 11.3. The van der Waals surface area contributed by atoms with E-state index in [4.69, 9.17) is 21.1 Å². The third kappa shape index (κ3) is 5.63. The third-order valence-corrected chi connectivity index (χ3v) is 6.41. The SMILES string of the molecule is Cc1ccc(Nc2nc(=O)n(C(C)C3COC(C)(C)OC3)c(=O)n2Cc2ccc(Cl)cc2)cc1F. The summed E-state index contributed by atoms with van der Waals surface area (Å²) in [4.78, 5) is 30.9. The smallest absolute Gasteiger partial charge is 0.350 e. The number of nitrogens with zero attached hydrogens (tertiary/aromatic N) is 3. The summed E-state index contributed by atoms with van der Waals surface area (Å²) in [5.74, 6) is -1.34. The molecule has 10 heteroatoms. The summed E-state index contributed by atoms with van der Waals surface area (Å²) in [6.07, 6.45) is 0. The lowest BCUT2D eigenvalue weighted by molar-refractivity contribution is -0.266. The highest BCUT2D eigenvalue weighted by Crippen LogP contribution is 2.27. The standard InChI is InChI=1S/C25H28ClFN4O4/c1-15-5-10-20(11-21(15)27)28-22-29-23(32)31(16(2)18-13-34-25(3,4)35-14-18)24(33)30(22)12-17-6-8-19(26)9-7-17/h5-11,16,18H,12-14H2,1-4H3,(H,28,29,32). The lowest BCUT2D eigenvalue weighted by Gasteiger charge is -2.37. The van der Waals surface area contributed by atoms with E-state index >= 15 is 0 Å². The molecule has 8 nitrogen and oxygen atoms in total. The summed E-state index contributed by atoms with van der Waals surface area (Å²) in [6, 6.07) is 11.0. The fourth-order valence-electron chi connectivity index (χ4n) is 3.86. The zero-order valence-corrected chi connectivity index (χ0v) is 20.8. The van der Waals surface area contributed by atoms with E-state index < -0.39 is 29.0 Å². The maximum Gasteiger partial charge on any atom is 0.355 e. The van der Waals surface area contributed by atoms with Gasteiger partial charge in [0.05, 0.1) is 19.8 Å². The summed E-state index contributed by atoms with van der Waals surface area (Å²) >= 11 is 6.01. The number of benzene rings is 2. The second kappa shape index (κ2) is 9.93. The Labute approximate surface area is 207 Å². The second-order valence-electron chi connectivity index (χ2n) is 9.19. The molecule has 1 aromatic heterocycles. The molecule has 1 saturated heterocycles. The van der Waals surface area contributed by atoms with Crippen molar-refractivity contribution < 1.29 is 13.9 Å². The van der Waals surface area contributed by atoms with E-state index in [-0.39, 0.29) is 18.4 Å². The Morgan fingerprint density at radius 3 is 2.46 bits per heavy atom. The molecular formula is C25H28ClFN4O4. The van der Waals surface area contributed by atoms with Gasteiger partial charge in [0.2, 0.25) is 5.95 Å². The number of hydrogen-bond donors (Lipinski definition) is 1. The Bertz CT molecular complexity index is 1330. The summed E-state index contributed by atoms with van der Waals surface area (Å²) < 4.78 is 28.1. The van der Waals surface area contributed by atoms with Crippen LogP contribution < -0.4 is 16.7 Å². The first kappa shape index (κ1) is 25.1. The van der Waals surface area contributed by atoms with Gasteiger partial charge in [-0.25, -0.2) is 18.5 Å². The minimum absolute atomic E-state index is 0.0129. The van der Waals surface area contributed by atoms with Crippen LogP contribution in [0.4, 0.5) is 16.0 Å². The number of nitrogens with one attached hydrogen (secondary N) is 1. The molecule has 1 aliphatic heterocycles. The van der Waals surface area contributed by atoms with Crippen LogP contribution in [0.3, 0.4) is 0 Å². The molecule has 3 aromatic rings. The number of ether oxygens (including phenoxy) is 2. The van der Waals surface area contributed by atoms with Gasteiger partial charge in [0.15, 0.2) is 5.79 Å². The van der Waals surface area contributed by atoms with Crippen molar-refractivity contribution in [2.45, 2.75) is 46.1 Å². The topological polar surface area (TPSA) is 87.4 Å². The molecule has 0 saturated carbocycles. The van der Waals surface area contributed by atoms with Gasteiger partial charge in [-0.15, -0.1) is 0 Å². The van der Waals surface area contributed by atoms with Gasteiger partial charge in [-0.3, -0.25) is 4.57 Å². The fraction of sp³-hybridized carbons (Fsp3) is 0.400. The third-order valence-electron chi connectivity index (χ3n) is 6.16. The van der Waals surface area contributed by atoms with Crippen LogP contribution in [0.2, 0.25) is 5.02 Å². The van der Waals surface area contributed by atoms with Crippen molar-refractivity contribution in [3.05, 3.63) is 85.4 Å². The van der Waals surface area contributed by atoms with E-state index in [2.05, 4.69) is 10.3 Å². The maximum absolute atomic E-state index is 14.1. The van der Waals surface area contributed by atoms with Crippen LogP contribution in [-0.2, 0) is 16.0 Å². The number of halogens is 2. The monoisotopic (exact) mass is 502 g/mol. The number of aryl methyl sites for hydroxylation is 1. The minimum Gasteiger partial charge on any atom is -0.350 e. The molecule has 0 amide bonds. The number of anilines is 2. The average Bonchev–Trinajstić information content (AvgIpc) is 2.80. The van der Waals surface area contributed by atoms with Gasteiger partial charge >= 0.3 is 11.4 Å². The van der Waals surface area contributed by atoms with E-state index in [1.807, 2.05) is 13.8 Å². The Morgan fingerprint density at radius 2 is 1.83 bits per heavy atom. The quantitative estimate of drug-likeness (QED) is 0.542. The van der Waals surface area contributed by atoms with Crippen LogP contribution in [0, 0.1) is 18.7 Å². The molecule has 1 N–H and O–H groups in total. The van der Waals surface area contributed by atoms with E-state index in [0.29, 0.717) is 29.5 Å². The van der Waals surface area contributed by atoms with Crippen LogP contribution in [0.1, 0.15) is 37.9 Å². The van der Waals surface area contributed by atoms with Gasteiger partial charge in [0.1, 0.15) is 5.82 Å². The van der Waals surface area contributed by atoms with Gasteiger partial charge < -0.3 is 14.8 Å². The normalized spacial score (nSPS) is 16.7. The molecule has 1 unspecified atom stereocenters. The van der Waals surface area contributed by atoms with E-state index in [1.54, 1.807) is 50.2 Å². The fourth-order valence-corrected chi connectivity index (χ4v) is 3.99. The summed E-state index contributed by atoms with van der Waals surface area (Å²) in [6.45, 7) is 7.84. The van der Waals surface area contributed by atoms with Crippen LogP contribution in [0.15, 0.2) is 52.1 Å². The lowest BCUT2D eigenvalue weighted by atomic mass is 10.0. The van der Waals surface area contributed by atoms with E-state index in [0.717, 1.165) is 10.1 Å². The number of aromatic nitrogens is 3. The Kier molecular flexibility index (Phi) is 7.12. The molecule has 2 aromatic carbocycles. The van der Waals surface area contributed by atoms with Gasteiger partial charge in [-0.05, 0) is 63.1 Å². The molecular weight excluding hydrogens is 475 g/mol. The average molecular weight is 503 g/mol. The van der Waals surface area contributed by atoms with Crippen molar-refractivity contribution in [3.63, 3.8) is 0 Å². The molecule has 0 aliphatic carbocycles. The number of hydrogen-bond acceptors (Lipinski definition) is 6. The summed E-state index contributed by atoms with van der Waals surface area (Å²) in [5, 5.41) is 3.49. The van der Waals surface area contributed by atoms with Crippen molar-refractivity contribution in [2.24, 2.45) is 5.92 Å². The molecule has 4 rings (SSSR count). The Balaban J connectivity index is 1.75. The number of rotatable bonds is 6. The van der Waals surface area contributed by atoms with Gasteiger partial charge in [0.25, 0.3) is 0 Å². The molecule has 1 atom stereocenters. The highest BCUT2D eigenvalue weighted by molar-refractivity contribution is 6.30. The molecule has 0 radical (unpaired) electrons. The predicted octanol–water partition coefficient (Wildman–Crippen LogP) is 4.26. The van der Waals surface area contributed by atoms with Gasteiger partial charge in [-0.2, -0.15) is 4.98 Å².